The minimum atomic E-state index is -0.0382. The van der Waals surface area contributed by atoms with Gasteiger partial charge in [-0.25, -0.2) is 9.80 Å². The molecule has 0 aromatic carbocycles. The molecule has 0 N–H and O–H groups in total. The lowest BCUT2D eigenvalue weighted by molar-refractivity contribution is -0.837. The standard InChI is InChI=1S/C11H14N4/c1-3-12-7-9-14-5-2-6-15-10-8-13(4-1)11(12,14)15/h1-6H,7-10H2/q+2. The van der Waals surface area contributed by atoms with Crippen LogP contribution in [0.5, 0.6) is 0 Å². The van der Waals surface area contributed by atoms with Crippen LogP contribution < -0.4 is 0 Å². The summed E-state index contributed by atoms with van der Waals surface area (Å²) in [6.45, 7) is 4.43. The zero-order valence-corrected chi connectivity index (χ0v) is 8.58. The first-order valence-electron chi connectivity index (χ1n) is 5.53. The predicted octanol–water partition coefficient (Wildman–Crippen LogP) is -0.550. The number of hydrogen-bond acceptors (Lipinski definition) is 2. The first kappa shape index (κ1) is 7.68. The van der Waals surface area contributed by atoms with Gasteiger partial charge in [0.25, 0.3) is 0 Å². The van der Waals surface area contributed by atoms with E-state index >= 15 is 0 Å². The van der Waals surface area contributed by atoms with Crippen molar-refractivity contribution in [2.24, 2.45) is 0 Å². The molecule has 4 heteroatoms. The fourth-order valence-electron chi connectivity index (χ4n) is 3.21. The van der Waals surface area contributed by atoms with Crippen molar-refractivity contribution in [3.8, 4) is 0 Å². The summed E-state index contributed by atoms with van der Waals surface area (Å²) in [6, 6.07) is 0. The van der Waals surface area contributed by atoms with E-state index in [-0.39, 0.29) is 5.91 Å². The van der Waals surface area contributed by atoms with Crippen LogP contribution in [0.1, 0.15) is 0 Å². The Balaban J connectivity index is 2.00. The van der Waals surface area contributed by atoms with Crippen LogP contribution in [0.15, 0.2) is 24.6 Å². The van der Waals surface area contributed by atoms with Crippen molar-refractivity contribution < 1.29 is 9.15 Å². The van der Waals surface area contributed by atoms with Crippen molar-refractivity contribution in [2.45, 2.75) is 5.91 Å². The van der Waals surface area contributed by atoms with E-state index in [0.29, 0.717) is 0 Å². The normalized spacial score (nSPS) is 28.8. The Morgan fingerprint density at radius 3 is 1.93 bits per heavy atom. The Kier molecular flexibility index (Phi) is 1.19. The molecule has 4 aliphatic rings. The molecular formula is C11H14N4+2. The van der Waals surface area contributed by atoms with E-state index in [4.69, 9.17) is 0 Å². The zero-order chi connectivity index (χ0) is 9.88. The number of nitrogens with zero attached hydrogens (tertiary/aromatic N) is 4. The van der Waals surface area contributed by atoms with E-state index in [1.54, 1.807) is 0 Å². The third-order valence-corrected chi connectivity index (χ3v) is 3.77. The van der Waals surface area contributed by atoms with Crippen LogP contribution in [0.3, 0.4) is 0 Å². The second-order valence-electron chi connectivity index (χ2n) is 4.35. The maximum atomic E-state index is 2.43. The van der Waals surface area contributed by atoms with Gasteiger partial charge in [0, 0.05) is 24.6 Å². The topological polar surface area (TPSA) is 12.5 Å². The monoisotopic (exact) mass is 202 g/mol. The quantitative estimate of drug-likeness (QED) is 0.489. The Bertz CT molecular complexity index is 402. The van der Waals surface area contributed by atoms with Gasteiger partial charge in [-0.05, 0) is 0 Å². The SMILES string of the molecule is C1=CN2CC[N+]3=CC=CN4CC[N+](=C1)C423. The van der Waals surface area contributed by atoms with Crippen LogP contribution in [0, 0.1) is 0 Å². The molecule has 0 saturated carbocycles. The fraction of sp³-hybridized carbons (Fsp3) is 0.455. The van der Waals surface area contributed by atoms with E-state index in [2.05, 4.69) is 55.9 Å². The van der Waals surface area contributed by atoms with Crippen LogP contribution in [0.25, 0.3) is 0 Å². The molecule has 0 unspecified atom stereocenters. The summed E-state index contributed by atoms with van der Waals surface area (Å²) < 4.78 is 4.86. The molecule has 4 aliphatic heterocycles. The summed E-state index contributed by atoms with van der Waals surface area (Å²) in [6.07, 6.45) is 13.1. The molecular weight excluding hydrogens is 188 g/mol. The minimum Gasteiger partial charge on any atom is -0.232 e. The molecule has 0 bridgehead atoms. The van der Waals surface area contributed by atoms with Crippen molar-refractivity contribution in [3.05, 3.63) is 24.6 Å². The molecule has 0 aliphatic carbocycles. The van der Waals surface area contributed by atoms with Crippen LogP contribution in [-0.2, 0) is 0 Å². The van der Waals surface area contributed by atoms with Gasteiger partial charge in [-0.2, -0.15) is 0 Å². The summed E-state index contributed by atoms with van der Waals surface area (Å²) in [7, 11) is 0. The third-order valence-electron chi connectivity index (χ3n) is 3.77. The Morgan fingerprint density at radius 2 is 1.40 bits per heavy atom. The smallest absolute Gasteiger partial charge is 0.232 e. The van der Waals surface area contributed by atoms with Crippen molar-refractivity contribution >= 4 is 12.4 Å². The fourth-order valence-corrected chi connectivity index (χ4v) is 3.21. The van der Waals surface area contributed by atoms with Gasteiger partial charge in [-0.15, -0.1) is 9.15 Å². The van der Waals surface area contributed by atoms with Crippen molar-refractivity contribution in [3.63, 3.8) is 0 Å². The van der Waals surface area contributed by atoms with Gasteiger partial charge < -0.3 is 0 Å². The molecule has 0 aromatic heterocycles. The molecule has 0 radical (unpaired) electrons. The molecule has 0 atom stereocenters. The largest absolute Gasteiger partial charge is 0.533 e. The van der Waals surface area contributed by atoms with E-state index in [1.807, 2.05) is 0 Å². The van der Waals surface area contributed by atoms with Gasteiger partial charge in [0.1, 0.15) is 0 Å². The van der Waals surface area contributed by atoms with Gasteiger partial charge in [0.15, 0.2) is 25.5 Å². The zero-order valence-electron chi connectivity index (χ0n) is 8.58. The summed E-state index contributed by atoms with van der Waals surface area (Å²) >= 11 is 0. The Hall–Kier alpha value is -1.58. The number of rotatable bonds is 0. The maximum absolute atomic E-state index is 2.43. The van der Waals surface area contributed by atoms with Crippen LogP contribution in [0.4, 0.5) is 0 Å². The Morgan fingerprint density at radius 1 is 0.867 bits per heavy atom. The van der Waals surface area contributed by atoms with E-state index in [0.717, 1.165) is 26.2 Å². The lowest BCUT2D eigenvalue weighted by Gasteiger charge is -2.32. The highest BCUT2D eigenvalue weighted by Crippen LogP contribution is 2.35. The highest BCUT2D eigenvalue weighted by atomic mass is 15.7. The van der Waals surface area contributed by atoms with Crippen LogP contribution >= 0.6 is 0 Å². The number of allylic oxidation sites excluding steroid dienone is 2. The summed E-state index contributed by atoms with van der Waals surface area (Å²) in [5.74, 6) is -0.0382. The second-order valence-corrected chi connectivity index (χ2v) is 4.35. The van der Waals surface area contributed by atoms with E-state index in [9.17, 15) is 0 Å². The van der Waals surface area contributed by atoms with Crippen molar-refractivity contribution in [1.29, 1.82) is 0 Å². The molecule has 0 aromatic rings. The summed E-state index contributed by atoms with van der Waals surface area (Å²) in [4.78, 5) is 4.86. The average molecular weight is 202 g/mol. The maximum Gasteiger partial charge on any atom is 0.533 e. The summed E-state index contributed by atoms with van der Waals surface area (Å²) in [5.41, 5.74) is 0. The summed E-state index contributed by atoms with van der Waals surface area (Å²) in [5, 5.41) is 0. The molecule has 1 spiro atoms. The van der Waals surface area contributed by atoms with E-state index in [1.165, 1.54) is 0 Å². The first-order valence-corrected chi connectivity index (χ1v) is 5.53. The average Bonchev–Trinajstić information content (AvgIpc) is 2.83. The Labute approximate surface area is 88.7 Å². The van der Waals surface area contributed by atoms with Gasteiger partial charge >= 0.3 is 5.91 Å². The lowest BCUT2D eigenvalue weighted by Crippen LogP contribution is -2.63. The van der Waals surface area contributed by atoms with E-state index < -0.39 is 0 Å². The molecule has 15 heavy (non-hydrogen) atoms. The molecule has 2 saturated heterocycles. The lowest BCUT2D eigenvalue weighted by atomic mass is 10.3. The molecule has 76 valence electrons. The highest BCUT2D eigenvalue weighted by molar-refractivity contribution is 5.69. The van der Waals surface area contributed by atoms with Crippen LogP contribution in [-0.4, -0.2) is 63.5 Å². The highest BCUT2D eigenvalue weighted by Gasteiger charge is 2.69. The first-order chi connectivity index (χ1) is 7.42. The second kappa shape index (κ2) is 2.32. The van der Waals surface area contributed by atoms with Gasteiger partial charge in [-0.3, -0.25) is 0 Å². The van der Waals surface area contributed by atoms with Crippen molar-refractivity contribution in [2.75, 3.05) is 26.2 Å². The van der Waals surface area contributed by atoms with Gasteiger partial charge in [0.05, 0.1) is 13.1 Å². The van der Waals surface area contributed by atoms with Crippen LogP contribution in [0.2, 0.25) is 0 Å². The molecule has 4 rings (SSSR count). The number of hydrogen-bond donors (Lipinski definition) is 0. The predicted molar refractivity (Wildman–Crippen MR) is 56.8 cm³/mol. The molecule has 4 heterocycles. The van der Waals surface area contributed by atoms with Gasteiger partial charge in [0.2, 0.25) is 0 Å². The third kappa shape index (κ3) is 0.683. The van der Waals surface area contributed by atoms with Gasteiger partial charge in [-0.1, -0.05) is 0 Å². The molecule has 2 fully saturated rings. The minimum absolute atomic E-state index is 0.0382. The molecule has 0 amide bonds. The molecule has 4 nitrogen and oxygen atoms in total. The van der Waals surface area contributed by atoms with Crippen molar-refractivity contribution in [1.82, 2.24) is 9.80 Å².